The van der Waals surface area contributed by atoms with E-state index < -0.39 is 0 Å². The maximum atomic E-state index is 13.7. The molecule has 1 aromatic heterocycles. The van der Waals surface area contributed by atoms with E-state index in [2.05, 4.69) is 5.32 Å². The summed E-state index contributed by atoms with van der Waals surface area (Å²) in [7, 11) is 1.65. The van der Waals surface area contributed by atoms with Crippen LogP contribution in [0, 0.1) is 5.82 Å². The summed E-state index contributed by atoms with van der Waals surface area (Å²) in [4.78, 5) is 0. The van der Waals surface area contributed by atoms with E-state index in [4.69, 9.17) is 9.15 Å². The van der Waals surface area contributed by atoms with Gasteiger partial charge in [0.25, 0.3) is 0 Å². The fourth-order valence-corrected chi connectivity index (χ4v) is 2.35. The third kappa shape index (κ3) is 4.37. The van der Waals surface area contributed by atoms with Crippen molar-refractivity contribution in [2.75, 3.05) is 7.11 Å². The van der Waals surface area contributed by atoms with Gasteiger partial charge in [-0.25, -0.2) is 4.39 Å². The Balaban J connectivity index is 0.00000208. The molecule has 0 fully saturated rings. The van der Waals surface area contributed by atoms with Crippen molar-refractivity contribution >= 4 is 0 Å². The van der Waals surface area contributed by atoms with Gasteiger partial charge in [-0.15, -0.1) is 0 Å². The molecule has 0 aliphatic heterocycles. The predicted octanol–water partition coefficient (Wildman–Crippen LogP) is 1.39. The molecule has 0 saturated heterocycles. The molecule has 2 aromatic carbocycles. The number of benzene rings is 2. The summed E-state index contributed by atoms with van der Waals surface area (Å²) in [6, 6.07) is 18.1. The lowest BCUT2D eigenvalue weighted by atomic mass is 10.1. The minimum absolute atomic E-state index is 0. The summed E-state index contributed by atoms with van der Waals surface area (Å²) in [5, 5.41) is 3.31. The molecule has 0 aliphatic carbocycles. The topological polar surface area (TPSA) is 34.4 Å². The number of halogens is 2. The zero-order valence-electron chi connectivity index (χ0n) is 13.3. The first-order valence-corrected chi connectivity index (χ1v) is 7.43. The first-order valence-electron chi connectivity index (χ1n) is 7.43. The zero-order valence-corrected chi connectivity index (χ0v) is 14.0. The summed E-state index contributed by atoms with van der Waals surface area (Å²) in [6.45, 7) is 1.31. The summed E-state index contributed by atoms with van der Waals surface area (Å²) in [5.74, 6) is 1.88. The molecule has 0 atom stereocenters. The van der Waals surface area contributed by atoms with Crippen LogP contribution in [0.5, 0.6) is 5.75 Å². The number of hydrogen-bond donors (Lipinski definition) is 1. The van der Waals surface area contributed by atoms with Crippen LogP contribution in [0.2, 0.25) is 0 Å². The minimum Gasteiger partial charge on any atom is -1.00 e. The van der Waals surface area contributed by atoms with Gasteiger partial charge in [-0.1, -0.05) is 24.3 Å². The van der Waals surface area contributed by atoms with Gasteiger partial charge in [0, 0.05) is 6.54 Å². The molecule has 0 spiro atoms. The van der Waals surface area contributed by atoms with E-state index in [1.165, 1.54) is 6.07 Å². The average molecular weight is 347 g/mol. The van der Waals surface area contributed by atoms with Crippen LogP contribution in [-0.4, -0.2) is 7.11 Å². The van der Waals surface area contributed by atoms with Crippen LogP contribution in [0.15, 0.2) is 65.1 Å². The second kappa shape index (κ2) is 8.52. The first kappa shape index (κ1) is 18.0. The number of methoxy groups -OCH3 is 1. The highest BCUT2D eigenvalue weighted by atomic mass is 35.5. The molecular weight excluding hydrogens is 329 g/mol. The van der Waals surface area contributed by atoms with Gasteiger partial charge in [0.1, 0.15) is 23.1 Å². The Hall–Kier alpha value is -2.30. The lowest BCUT2D eigenvalue weighted by Gasteiger charge is -2.05. The third-order valence-electron chi connectivity index (χ3n) is 3.59. The van der Waals surface area contributed by atoms with E-state index in [1.807, 2.05) is 30.3 Å². The zero-order chi connectivity index (χ0) is 16.1. The van der Waals surface area contributed by atoms with Gasteiger partial charge in [-0.05, 0) is 42.0 Å². The molecule has 0 bridgehead atoms. The summed E-state index contributed by atoms with van der Waals surface area (Å²) < 4.78 is 24.6. The summed E-state index contributed by atoms with van der Waals surface area (Å²) in [6.07, 6.45) is 0. The standard InChI is InChI=1S/C19H18FNO2.ClH/c1-22-15-8-6-14(7-9-15)12-21-13-16-10-11-19(23-16)17-4-2-3-5-18(17)20;/h2-11,21H,12-13H2,1H3;1H/p-1. The second-order valence-corrected chi connectivity index (χ2v) is 5.20. The van der Waals surface area contributed by atoms with E-state index in [0.29, 0.717) is 17.9 Å². The van der Waals surface area contributed by atoms with E-state index >= 15 is 0 Å². The molecule has 0 saturated carbocycles. The fourth-order valence-electron chi connectivity index (χ4n) is 2.35. The van der Waals surface area contributed by atoms with Crippen LogP contribution in [0.25, 0.3) is 11.3 Å². The minimum atomic E-state index is -0.278. The largest absolute Gasteiger partial charge is 1.00 e. The second-order valence-electron chi connectivity index (χ2n) is 5.20. The monoisotopic (exact) mass is 346 g/mol. The number of hydrogen-bond acceptors (Lipinski definition) is 3. The normalized spacial score (nSPS) is 10.2. The average Bonchev–Trinajstić information content (AvgIpc) is 3.04. The molecule has 5 heteroatoms. The van der Waals surface area contributed by atoms with Gasteiger partial charge in [0.15, 0.2) is 0 Å². The van der Waals surface area contributed by atoms with Gasteiger partial charge in [0.2, 0.25) is 0 Å². The number of nitrogens with one attached hydrogen (secondary N) is 1. The molecular formula is C19H18ClFNO2-. The van der Waals surface area contributed by atoms with Crippen molar-refractivity contribution in [1.29, 1.82) is 0 Å². The molecule has 0 unspecified atom stereocenters. The van der Waals surface area contributed by atoms with Crippen molar-refractivity contribution < 1.29 is 26.0 Å². The molecule has 3 nitrogen and oxygen atoms in total. The van der Waals surface area contributed by atoms with Gasteiger partial charge in [0.05, 0.1) is 19.2 Å². The molecule has 0 amide bonds. The highest BCUT2D eigenvalue weighted by Crippen LogP contribution is 2.24. The maximum absolute atomic E-state index is 13.7. The molecule has 3 rings (SSSR count). The number of rotatable bonds is 6. The van der Waals surface area contributed by atoms with E-state index in [0.717, 1.165) is 23.6 Å². The molecule has 0 radical (unpaired) electrons. The van der Waals surface area contributed by atoms with Crippen LogP contribution < -0.4 is 22.5 Å². The van der Waals surface area contributed by atoms with Crippen molar-refractivity contribution in [1.82, 2.24) is 5.32 Å². The molecule has 24 heavy (non-hydrogen) atoms. The maximum Gasteiger partial charge on any atom is 0.137 e. The molecule has 0 aliphatic rings. The lowest BCUT2D eigenvalue weighted by molar-refractivity contribution is -0.00000613. The SMILES string of the molecule is COc1ccc(CNCc2ccc(-c3ccccc3F)o2)cc1.[Cl-]. The van der Waals surface area contributed by atoms with Crippen LogP contribution in [0.1, 0.15) is 11.3 Å². The molecule has 1 N–H and O–H groups in total. The Kier molecular flexibility index (Phi) is 6.41. The summed E-state index contributed by atoms with van der Waals surface area (Å²) in [5.41, 5.74) is 1.64. The van der Waals surface area contributed by atoms with E-state index in [9.17, 15) is 4.39 Å². The van der Waals surface area contributed by atoms with Gasteiger partial charge in [-0.3, -0.25) is 0 Å². The van der Waals surface area contributed by atoms with Crippen molar-refractivity contribution in [2.45, 2.75) is 13.1 Å². The van der Waals surface area contributed by atoms with Crippen LogP contribution in [0.3, 0.4) is 0 Å². The van der Waals surface area contributed by atoms with Crippen LogP contribution >= 0.6 is 0 Å². The summed E-state index contributed by atoms with van der Waals surface area (Å²) >= 11 is 0. The van der Waals surface area contributed by atoms with E-state index in [-0.39, 0.29) is 18.2 Å². The van der Waals surface area contributed by atoms with Crippen molar-refractivity contribution in [3.8, 4) is 17.1 Å². The Morgan fingerprint density at radius 2 is 1.71 bits per heavy atom. The van der Waals surface area contributed by atoms with Crippen LogP contribution in [-0.2, 0) is 13.1 Å². The predicted molar refractivity (Wildman–Crippen MR) is 87.6 cm³/mol. The highest BCUT2D eigenvalue weighted by molar-refractivity contribution is 5.58. The van der Waals surface area contributed by atoms with Gasteiger partial charge in [-0.2, -0.15) is 0 Å². The first-order chi connectivity index (χ1) is 11.3. The number of furan rings is 1. The highest BCUT2D eigenvalue weighted by Gasteiger charge is 2.08. The van der Waals surface area contributed by atoms with Gasteiger partial charge >= 0.3 is 0 Å². The van der Waals surface area contributed by atoms with Crippen molar-refractivity contribution in [3.05, 3.63) is 77.8 Å². The molecule has 3 aromatic rings. The Morgan fingerprint density at radius 1 is 0.958 bits per heavy atom. The van der Waals surface area contributed by atoms with Crippen LogP contribution in [0.4, 0.5) is 4.39 Å². The number of ether oxygens (including phenoxy) is 1. The third-order valence-corrected chi connectivity index (χ3v) is 3.59. The molecule has 1 heterocycles. The smallest absolute Gasteiger partial charge is 0.137 e. The quantitative estimate of drug-likeness (QED) is 0.732. The Morgan fingerprint density at radius 3 is 2.42 bits per heavy atom. The van der Waals surface area contributed by atoms with Gasteiger partial charge < -0.3 is 26.9 Å². The Labute approximate surface area is 146 Å². The van der Waals surface area contributed by atoms with E-state index in [1.54, 1.807) is 31.4 Å². The lowest BCUT2D eigenvalue weighted by Crippen LogP contribution is -3.00. The van der Waals surface area contributed by atoms with Crippen molar-refractivity contribution in [3.63, 3.8) is 0 Å². The van der Waals surface area contributed by atoms with Crippen molar-refractivity contribution in [2.24, 2.45) is 0 Å². The fraction of sp³-hybridized carbons (Fsp3) is 0.158. The molecule has 126 valence electrons. The Bertz CT molecular complexity index is 771.